The van der Waals surface area contributed by atoms with E-state index in [1.165, 1.54) is 17.7 Å². The van der Waals surface area contributed by atoms with Crippen LogP contribution in [0.1, 0.15) is 63.8 Å². The van der Waals surface area contributed by atoms with Gasteiger partial charge in [0, 0.05) is 23.9 Å². The highest BCUT2D eigenvalue weighted by Crippen LogP contribution is 2.36. The fourth-order valence-corrected chi connectivity index (χ4v) is 4.93. The Morgan fingerprint density at radius 1 is 1.33 bits per heavy atom. The van der Waals surface area contributed by atoms with Gasteiger partial charge in [0.15, 0.2) is 0 Å². The average molecular weight is 349 g/mol. The molecule has 0 unspecified atom stereocenters. The summed E-state index contributed by atoms with van der Waals surface area (Å²) < 4.78 is 0. The normalized spacial score (nSPS) is 23.7. The first-order chi connectivity index (χ1) is 11.4. The summed E-state index contributed by atoms with van der Waals surface area (Å²) in [5.41, 5.74) is -0.0612. The van der Waals surface area contributed by atoms with Gasteiger partial charge in [-0.1, -0.05) is 39.7 Å². The van der Waals surface area contributed by atoms with Crippen molar-refractivity contribution in [3.63, 3.8) is 0 Å². The molecule has 4 nitrogen and oxygen atoms in total. The second-order valence-corrected chi connectivity index (χ2v) is 9.19. The second-order valence-electron chi connectivity index (χ2n) is 8.21. The van der Waals surface area contributed by atoms with E-state index in [2.05, 4.69) is 32.2 Å². The molecule has 5 heteroatoms. The third-order valence-electron chi connectivity index (χ3n) is 5.28. The number of hydrogen-bond acceptors (Lipinski definition) is 3. The van der Waals surface area contributed by atoms with Crippen molar-refractivity contribution < 1.29 is 9.59 Å². The van der Waals surface area contributed by atoms with Crippen LogP contribution in [0.25, 0.3) is 0 Å². The molecule has 2 aliphatic rings. The third kappa shape index (κ3) is 3.66. The van der Waals surface area contributed by atoms with E-state index in [1.807, 2.05) is 16.3 Å². The molecule has 0 radical (unpaired) electrons. The van der Waals surface area contributed by atoms with Crippen LogP contribution in [0.3, 0.4) is 0 Å². The maximum atomic E-state index is 12.8. The Balaban J connectivity index is 1.66. The molecule has 1 aromatic heterocycles. The molecular formula is C19H28N2O2S. The van der Waals surface area contributed by atoms with Crippen molar-refractivity contribution in [1.82, 2.24) is 10.2 Å². The average Bonchev–Trinajstić information content (AvgIpc) is 3.24. The molecule has 0 spiro atoms. The molecule has 2 heterocycles. The van der Waals surface area contributed by atoms with Gasteiger partial charge in [-0.25, -0.2) is 0 Å². The number of carbonyl (C=O) groups is 2. The van der Waals surface area contributed by atoms with Crippen molar-refractivity contribution in [2.45, 2.75) is 65.0 Å². The van der Waals surface area contributed by atoms with Crippen LogP contribution < -0.4 is 5.32 Å². The molecule has 0 bridgehead atoms. The van der Waals surface area contributed by atoms with Gasteiger partial charge in [-0.05, 0) is 29.7 Å². The van der Waals surface area contributed by atoms with E-state index >= 15 is 0 Å². The Labute approximate surface area is 148 Å². The zero-order valence-corrected chi connectivity index (χ0v) is 15.7. The number of carbonyl (C=O) groups excluding carboxylic acids is 2. The highest BCUT2D eigenvalue weighted by Gasteiger charge is 2.40. The number of nitrogens with zero attached hydrogens (tertiary/aromatic N) is 1. The number of nitrogens with one attached hydrogen (secondary N) is 1. The Morgan fingerprint density at radius 2 is 2.04 bits per heavy atom. The van der Waals surface area contributed by atoms with Crippen LogP contribution in [0.4, 0.5) is 0 Å². The number of rotatable bonds is 4. The van der Waals surface area contributed by atoms with Crippen molar-refractivity contribution in [2.75, 3.05) is 6.54 Å². The van der Waals surface area contributed by atoms with E-state index in [0.717, 1.165) is 12.8 Å². The molecule has 1 aliphatic heterocycles. The molecule has 2 atom stereocenters. The summed E-state index contributed by atoms with van der Waals surface area (Å²) in [5, 5.41) is 5.27. The SMILES string of the molecule is CC(C)(C)[C@H](NC(=O)[C@H]1CC(=O)N(C2CCCC2)C1)c1cccs1. The lowest BCUT2D eigenvalue weighted by molar-refractivity contribution is -0.130. The van der Waals surface area contributed by atoms with Crippen molar-refractivity contribution in [3.05, 3.63) is 22.4 Å². The van der Waals surface area contributed by atoms with Crippen molar-refractivity contribution in [2.24, 2.45) is 11.3 Å². The summed E-state index contributed by atoms with van der Waals surface area (Å²) in [4.78, 5) is 28.3. The molecule has 24 heavy (non-hydrogen) atoms. The summed E-state index contributed by atoms with van der Waals surface area (Å²) in [7, 11) is 0. The first-order valence-electron chi connectivity index (χ1n) is 8.99. The number of thiophene rings is 1. The highest BCUT2D eigenvalue weighted by molar-refractivity contribution is 7.10. The molecule has 1 saturated carbocycles. The summed E-state index contributed by atoms with van der Waals surface area (Å²) in [6.07, 6.45) is 4.97. The molecule has 1 N–H and O–H groups in total. The minimum atomic E-state index is -0.206. The maximum Gasteiger partial charge on any atom is 0.225 e. The van der Waals surface area contributed by atoms with Crippen molar-refractivity contribution in [3.8, 4) is 0 Å². The minimum absolute atomic E-state index is 0.0133. The van der Waals surface area contributed by atoms with Gasteiger partial charge in [0.25, 0.3) is 0 Å². The smallest absolute Gasteiger partial charge is 0.225 e. The van der Waals surface area contributed by atoms with Gasteiger partial charge >= 0.3 is 0 Å². The Bertz CT molecular complexity index is 585. The summed E-state index contributed by atoms with van der Waals surface area (Å²) in [6, 6.07) is 4.45. The first kappa shape index (κ1) is 17.5. The van der Waals surface area contributed by atoms with Gasteiger partial charge in [0.2, 0.25) is 11.8 Å². The quantitative estimate of drug-likeness (QED) is 0.901. The van der Waals surface area contributed by atoms with Crippen LogP contribution in [0, 0.1) is 11.3 Å². The summed E-state index contributed by atoms with van der Waals surface area (Å²) in [6.45, 7) is 7.02. The molecule has 1 aliphatic carbocycles. The minimum Gasteiger partial charge on any atom is -0.348 e. The van der Waals surface area contributed by atoms with Crippen LogP contribution in [-0.2, 0) is 9.59 Å². The molecule has 1 aromatic rings. The number of likely N-dealkylation sites (tertiary alicyclic amines) is 1. The molecule has 2 fully saturated rings. The van der Waals surface area contributed by atoms with Crippen molar-refractivity contribution >= 4 is 23.2 Å². The lowest BCUT2D eigenvalue weighted by atomic mass is 9.85. The molecule has 3 rings (SSSR count). The third-order valence-corrected chi connectivity index (χ3v) is 6.21. The Kier molecular flexibility index (Phi) is 5.00. The van der Waals surface area contributed by atoms with E-state index in [9.17, 15) is 9.59 Å². The van der Waals surface area contributed by atoms with E-state index in [0.29, 0.717) is 19.0 Å². The predicted octanol–water partition coefficient (Wildman–Crippen LogP) is 3.74. The van der Waals surface area contributed by atoms with Gasteiger partial charge in [0.05, 0.1) is 12.0 Å². The van der Waals surface area contributed by atoms with E-state index in [4.69, 9.17) is 0 Å². The summed E-state index contributed by atoms with van der Waals surface area (Å²) in [5.74, 6) is -0.0226. The van der Waals surface area contributed by atoms with Crippen LogP contribution >= 0.6 is 11.3 Å². The van der Waals surface area contributed by atoms with Gasteiger partial charge in [-0.15, -0.1) is 11.3 Å². The van der Waals surface area contributed by atoms with Gasteiger partial charge < -0.3 is 10.2 Å². The maximum absolute atomic E-state index is 12.8. The Morgan fingerprint density at radius 3 is 2.62 bits per heavy atom. The molecular weight excluding hydrogens is 320 g/mol. The fraction of sp³-hybridized carbons (Fsp3) is 0.684. The van der Waals surface area contributed by atoms with Crippen molar-refractivity contribution in [1.29, 1.82) is 0 Å². The lowest BCUT2D eigenvalue weighted by Gasteiger charge is -2.31. The second kappa shape index (κ2) is 6.87. The zero-order chi connectivity index (χ0) is 17.3. The van der Waals surface area contributed by atoms with Gasteiger partial charge in [-0.2, -0.15) is 0 Å². The zero-order valence-electron chi connectivity index (χ0n) is 14.9. The van der Waals surface area contributed by atoms with Crippen LogP contribution in [0.2, 0.25) is 0 Å². The van der Waals surface area contributed by atoms with Gasteiger partial charge in [-0.3, -0.25) is 9.59 Å². The van der Waals surface area contributed by atoms with Crippen LogP contribution in [0.5, 0.6) is 0 Å². The van der Waals surface area contributed by atoms with Gasteiger partial charge in [0.1, 0.15) is 0 Å². The topological polar surface area (TPSA) is 49.4 Å². The Hall–Kier alpha value is -1.36. The van der Waals surface area contributed by atoms with Crippen LogP contribution in [0.15, 0.2) is 17.5 Å². The molecule has 2 amide bonds. The molecule has 1 saturated heterocycles. The number of amides is 2. The monoisotopic (exact) mass is 348 g/mol. The van der Waals surface area contributed by atoms with E-state index < -0.39 is 0 Å². The lowest BCUT2D eigenvalue weighted by Crippen LogP contribution is -2.41. The largest absolute Gasteiger partial charge is 0.348 e. The number of hydrogen-bond donors (Lipinski definition) is 1. The first-order valence-corrected chi connectivity index (χ1v) is 9.87. The predicted molar refractivity (Wildman–Crippen MR) is 96.7 cm³/mol. The summed E-state index contributed by atoms with van der Waals surface area (Å²) >= 11 is 1.67. The van der Waals surface area contributed by atoms with Crippen LogP contribution in [-0.4, -0.2) is 29.3 Å². The van der Waals surface area contributed by atoms with E-state index in [-0.39, 0.29) is 29.2 Å². The molecule has 0 aromatic carbocycles. The van der Waals surface area contributed by atoms with E-state index in [1.54, 1.807) is 11.3 Å². The fourth-order valence-electron chi connectivity index (χ4n) is 3.91. The highest BCUT2D eigenvalue weighted by atomic mass is 32.1. The standard InChI is InChI=1S/C19H28N2O2S/c1-19(2,3)17(15-9-6-10-24-15)20-18(23)13-11-16(22)21(12-13)14-7-4-5-8-14/h6,9-10,13-14,17H,4-5,7-8,11-12H2,1-3H3,(H,20,23)/t13-,17+/m0/s1. The molecule has 132 valence electrons.